The van der Waals surface area contributed by atoms with Gasteiger partial charge in [0, 0.05) is 44.1 Å². The maximum absolute atomic E-state index is 13.1. The molecule has 33 heavy (non-hydrogen) atoms. The van der Waals surface area contributed by atoms with Crippen LogP contribution in [0.4, 0.5) is 0 Å². The first-order chi connectivity index (χ1) is 16.1. The summed E-state index contributed by atoms with van der Waals surface area (Å²) in [5.41, 5.74) is 1.23. The van der Waals surface area contributed by atoms with Crippen molar-refractivity contribution in [1.29, 1.82) is 0 Å². The van der Waals surface area contributed by atoms with E-state index in [0.717, 1.165) is 18.7 Å². The largest absolute Gasteiger partial charge is 0.507 e. The van der Waals surface area contributed by atoms with Gasteiger partial charge in [-0.15, -0.1) is 0 Å². The first-order valence-electron chi connectivity index (χ1n) is 10.9. The fourth-order valence-corrected chi connectivity index (χ4v) is 4.10. The van der Waals surface area contributed by atoms with Crippen LogP contribution in [0.25, 0.3) is 5.76 Å². The molecule has 1 aromatic heterocycles. The number of nitrogens with zero attached hydrogens (tertiary/aromatic N) is 3. The summed E-state index contributed by atoms with van der Waals surface area (Å²) in [5, 5.41) is 11.1. The molecule has 0 saturated carbocycles. The quantitative estimate of drug-likeness (QED) is 0.286. The van der Waals surface area contributed by atoms with E-state index in [4.69, 9.17) is 9.47 Å². The number of morpholine rings is 1. The molecule has 8 nitrogen and oxygen atoms in total. The van der Waals surface area contributed by atoms with Crippen LogP contribution < -0.4 is 4.74 Å². The molecule has 4 rings (SSSR count). The highest BCUT2D eigenvalue weighted by Crippen LogP contribution is 2.39. The number of hydrogen-bond acceptors (Lipinski definition) is 7. The van der Waals surface area contributed by atoms with Crippen molar-refractivity contribution in [2.45, 2.75) is 6.04 Å². The van der Waals surface area contributed by atoms with Gasteiger partial charge < -0.3 is 19.5 Å². The van der Waals surface area contributed by atoms with E-state index >= 15 is 0 Å². The second-order valence-corrected chi connectivity index (χ2v) is 7.85. The second kappa shape index (κ2) is 10.4. The third kappa shape index (κ3) is 4.97. The molecule has 0 aliphatic carbocycles. The Morgan fingerprint density at radius 3 is 2.48 bits per heavy atom. The Morgan fingerprint density at radius 1 is 1.12 bits per heavy atom. The summed E-state index contributed by atoms with van der Waals surface area (Å²) < 4.78 is 10.9. The zero-order valence-corrected chi connectivity index (χ0v) is 18.4. The highest BCUT2D eigenvalue weighted by atomic mass is 16.5. The van der Waals surface area contributed by atoms with Crippen molar-refractivity contribution in [1.82, 2.24) is 14.8 Å². The molecule has 1 atom stereocenters. The number of Topliss-reactive ketones (excluding diaryl/α,β-unsaturated/α-hetero) is 1. The minimum Gasteiger partial charge on any atom is -0.507 e. The topological polar surface area (TPSA) is 92.2 Å². The highest BCUT2D eigenvalue weighted by molar-refractivity contribution is 6.46. The number of ketones is 1. The van der Waals surface area contributed by atoms with Gasteiger partial charge in [-0.25, -0.2) is 0 Å². The number of rotatable bonds is 8. The number of carbonyl (C=O) groups excluding carboxylic acids is 2. The Balaban J connectivity index is 1.66. The van der Waals surface area contributed by atoms with E-state index in [-0.39, 0.29) is 11.3 Å². The van der Waals surface area contributed by atoms with Gasteiger partial charge >= 0.3 is 0 Å². The summed E-state index contributed by atoms with van der Waals surface area (Å²) in [6.45, 7) is 7.83. The third-order valence-corrected chi connectivity index (χ3v) is 5.82. The minimum atomic E-state index is -0.691. The van der Waals surface area contributed by atoms with E-state index in [2.05, 4.69) is 16.5 Å². The Bertz CT molecular complexity index is 1030. The minimum absolute atomic E-state index is 0.0768. The summed E-state index contributed by atoms with van der Waals surface area (Å²) >= 11 is 0. The predicted octanol–water partition coefficient (Wildman–Crippen LogP) is 2.40. The molecule has 0 spiro atoms. The molecule has 2 fully saturated rings. The van der Waals surface area contributed by atoms with E-state index < -0.39 is 17.7 Å². The van der Waals surface area contributed by atoms with Crippen LogP contribution in [0.2, 0.25) is 0 Å². The molecular formula is C25H27N3O5. The van der Waals surface area contributed by atoms with Crippen molar-refractivity contribution in [3.63, 3.8) is 0 Å². The molecule has 172 valence electrons. The molecule has 2 saturated heterocycles. The number of pyridine rings is 1. The average Bonchev–Trinajstić information content (AvgIpc) is 3.12. The second-order valence-electron chi connectivity index (χ2n) is 7.85. The molecule has 1 aromatic carbocycles. The van der Waals surface area contributed by atoms with Crippen LogP contribution in [-0.2, 0) is 14.3 Å². The Morgan fingerprint density at radius 2 is 1.82 bits per heavy atom. The summed E-state index contributed by atoms with van der Waals surface area (Å²) in [7, 11) is 0. The third-order valence-electron chi connectivity index (χ3n) is 5.82. The molecule has 0 radical (unpaired) electrons. The van der Waals surface area contributed by atoms with Crippen LogP contribution in [-0.4, -0.2) is 77.6 Å². The van der Waals surface area contributed by atoms with Gasteiger partial charge in [-0.1, -0.05) is 12.7 Å². The van der Waals surface area contributed by atoms with E-state index in [1.165, 1.54) is 0 Å². The van der Waals surface area contributed by atoms with E-state index in [0.29, 0.717) is 44.2 Å². The van der Waals surface area contributed by atoms with Gasteiger partial charge in [-0.3, -0.25) is 19.5 Å². The van der Waals surface area contributed by atoms with Gasteiger partial charge in [0.2, 0.25) is 0 Å². The highest BCUT2D eigenvalue weighted by Gasteiger charge is 2.46. The number of aliphatic hydroxyl groups excluding tert-OH is 1. The zero-order valence-electron chi connectivity index (χ0n) is 18.4. The number of hydrogen-bond donors (Lipinski definition) is 1. The van der Waals surface area contributed by atoms with Crippen molar-refractivity contribution < 1.29 is 24.2 Å². The number of aliphatic hydroxyl groups is 1. The molecule has 2 aromatic rings. The van der Waals surface area contributed by atoms with Gasteiger partial charge in [-0.2, -0.15) is 0 Å². The monoisotopic (exact) mass is 449 g/mol. The van der Waals surface area contributed by atoms with E-state index in [1.807, 2.05) is 0 Å². The molecular weight excluding hydrogens is 422 g/mol. The normalized spacial score (nSPS) is 20.7. The van der Waals surface area contributed by atoms with Crippen LogP contribution in [0.1, 0.15) is 17.2 Å². The summed E-state index contributed by atoms with van der Waals surface area (Å²) in [5.74, 6) is -0.900. The van der Waals surface area contributed by atoms with Crippen LogP contribution >= 0.6 is 0 Å². The maximum atomic E-state index is 13.1. The van der Waals surface area contributed by atoms with Crippen molar-refractivity contribution in [3.8, 4) is 5.75 Å². The standard InChI is InChI=1S/C25H27N3O5/c1-2-15-33-20-5-3-19(4-6-20)23(29)21-22(18-7-9-26-10-8-18)28(25(31)24(21)30)12-11-27-13-16-32-17-14-27/h2-10,22,29H,1,11-17H2/b23-21+/t22-/m1/s1. The van der Waals surface area contributed by atoms with Crippen LogP contribution in [0.15, 0.2) is 67.0 Å². The number of likely N-dealkylation sites (tertiary alicyclic amines) is 1. The maximum Gasteiger partial charge on any atom is 0.295 e. The fraction of sp³-hybridized carbons (Fsp3) is 0.320. The first kappa shape index (κ1) is 22.7. The fourth-order valence-electron chi connectivity index (χ4n) is 4.10. The van der Waals surface area contributed by atoms with Crippen molar-refractivity contribution in [2.24, 2.45) is 0 Å². The van der Waals surface area contributed by atoms with Gasteiger partial charge in [0.1, 0.15) is 18.1 Å². The molecule has 8 heteroatoms. The summed E-state index contributed by atoms with van der Waals surface area (Å²) in [4.78, 5) is 33.9. The van der Waals surface area contributed by atoms with E-state index in [9.17, 15) is 14.7 Å². The molecule has 2 aliphatic heterocycles. The Hall–Kier alpha value is -3.49. The van der Waals surface area contributed by atoms with Gasteiger partial charge in [0.15, 0.2) is 0 Å². The lowest BCUT2D eigenvalue weighted by molar-refractivity contribution is -0.140. The van der Waals surface area contributed by atoms with Gasteiger partial charge in [0.05, 0.1) is 24.8 Å². The molecule has 0 bridgehead atoms. The molecule has 2 aliphatic rings. The molecule has 1 N–H and O–H groups in total. The smallest absolute Gasteiger partial charge is 0.295 e. The number of benzene rings is 1. The lowest BCUT2D eigenvalue weighted by atomic mass is 9.96. The summed E-state index contributed by atoms with van der Waals surface area (Å²) in [6, 6.07) is 9.57. The van der Waals surface area contributed by atoms with Crippen LogP contribution in [0, 0.1) is 0 Å². The van der Waals surface area contributed by atoms with Crippen molar-refractivity contribution in [2.75, 3.05) is 46.0 Å². The van der Waals surface area contributed by atoms with Crippen LogP contribution in [0.3, 0.4) is 0 Å². The average molecular weight is 450 g/mol. The SMILES string of the molecule is C=CCOc1ccc(/C(O)=C2\C(=O)C(=O)N(CCN3CCOCC3)[C@@H]2c2ccncc2)cc1. The van der Waals surface area contributed by atoms with Crippen molar-refractivity contribution in [3.05, 3.63) is 78.1 Å². The number of carbonyl (C=O) groups is 2. The van der Waals surface area contributed by atoms with Crippen LogP contribution in [0.5, 0.6) is 5.75 Å². The molecule has 1 amide bonds. The number of amides is 1. The Labute approximate surface area is 192 Å². The van der Waals surface area contributed by atoms with Crippen molar-refractivity contribution >= 4 is 17.4 Å². The lowest BCUT2D eigenvalue weighted by Crippen LogP contribution is -2.42. The van der Waals surface area contributed by atoms with E-state index in [1.54, 1.807) is 59.8 Å². The summed E-state index contributed by atoms with van der Waals surface area (Å²) in [6.07, 6.45) is 4.87. The van der Waals surface area contributed by atoms with Gasteiger partial charge in [0.25, 0.3) is 11.7 Å². The Kier molecular flexibility index (Phi) is 7.16. The number of aromatic nitrogens is 1. The number of ether oxygens (including phenoxy) is 2. The molecule has 3 heterocycles. The molecule has 0 unspecified atom stereocenters. The van der Waals surface area contributed by atoms with Gasteiger partial charge in [-0.05, 0) is 42.0 Å². The lowest BCUT2D eigenvalue weighted by Gasteiger charge is -2.30. The first-order valence-corrected chi connectivity index (χ1v) is 10.9. The predicted molar refractivity (Wildman–Crippen MR) is 123 cm³/mol. The zero-order chi connectivity index (χ0) is 23.2.